The molecule has 0 bridgehead atoms. The molecule has 1 aromatic carbocycles. The summed E-state index contributed by atoms with van der Waals surface area (Å²) >= 11 is 13.7. The van der Waals surface area contributed by atoms with Gasteiger partial charge in [0.15, 0.2) is 0 Å². The zero-order valence-corrected chi connectivity index (χ0v) is 17.3. The van der Waals surface area contributed by atoms with Crippen LogP contribution in [0.5, 0.6) is 0 Å². The highest BCUT2D eigenvalue weighted by molar-refractivity contribution is 7.12. The Balaban J connectivity index is 1.50. The van der Waals surface area contributed by atoms with Gasteiger partial charge in [0.25, 0.3) is 5.91 Å². The maximum absolute atomic E-state index is 12.6. The fourth-order valence-electron chi connectivity index (χ4n) is 3.05. The molecular formula is C19H21Cl2N3O2S. The molecular weight excluding hydrogens is 405 g/mol. The van der Waals surface area contributed by atoms with Crippen LogP contribution in [0.2, 0.25) is 10.0 Å². The van der Waals surface area contributed by atoms with E-state index in [2.05, 4.69) is 10.2 Å². The SMILES string of the molecule is CC(NC(=O)c1cccs1)C(=O)N1CCN(Cc2cccc(Cl)c2Cl)CC1. The molecule has 1 aliphatic heterocycles. The lowest BCUT2D eigenvalue weighted by molar-refractivity contribution is -0.134. The molecule has 144 valence electrons. The van der Waals surface area contributed by atoms with Gasteiger partial charge in [-0.05, 0) is 30.0 Å². The molecule has 0 radical (unpaired) electrons. The molecule has 27 heavy (non-hydrogen) atoms. The molecule has 1 N–H and O–H groups in total. The Labute approximate surface area is 172 Å². The van der Waals surface area contributed by atoms with E-state index in [0.29, 0.717) is 34.6 Å². The zero-order chi connectivity index (χ0) is 19.4. The Hall–Kier alpha value is -1.60. The molecule has 2 amide bonds. The summed E-state index contributed by atoms with van der Waals surface area (Å²) in [5.74, 6) is -0.263. The molecule has 1 aromatic heterocycles. The Bertz CT molecular complexity index is 805. The highest BCUT2D eigenvalue weighted by Crippen LogP contribution is 2.26. The minimum atomic E-state index is -0.548. The minimum Gasteiger partial charge on any atom is -0.340 e. The Morgan fingerprint density at radius 1 is 1.15 bits per heavy atom. The van der Waals surface area contributed by atoms with Gasteiger partial charge in [0.05, 0.1) is 14.9 Å². The molecule has 1 unspecified atom stereocenters. The van der Waals surface area contributed by atoms with Gasteiger partial charge in [0, 0.05) is 32.7 Å². The Kier molecular flexibility index (Phi) is 6.76. The van der Waals surface area contributed by atoms with Crippen molar-refractivity contribution in [3.05, 3.63) is 56.2 Å². The number of nitrogens with zero attached hydrogens (tertiary/aromatic N) is 2. The first kappa shape index (κ1) is 20.1. The number of hydrogen-bond acceptors (Lipinski definition) is 4. The summed E-state index contributed by atoms with van der Waals surface area (Å²) in [6.45, 7) is 5.17. The van der Waals surface area contributed by atoms with E-state index in [1.54, 1.807) is 24.0 Å². The van der Waals surface area contributed by atoms with Crippen LogP contribution in [-0.2, 0) is 11.3 Å². The first-order valence-electron chi connectivity index (χ1n) is 8.74. The van der Waals surface area contributed by atoms with Crippen molar-refractivity contribution in [3.8, 4) is 0 Å². The van der Waals surface area contributed by atoms with E-state index in [4.69, 9.17) is 23.2 Å². The normalized spacial score (nSPS) is 16.2. The number of benzene rings is 1. The minimum absolute atomic E-state index is 0.0552. The topological polar surface area (TPSA) is 52.7 Å². The van der Waals surface area contributed by atoms with Crippen LogP contribution in [0.15, 0.2) is 35.7 Å². The fourth-order valence-corrected chi connectivity index (χ4v) is 4.06. The average Bonchev–Trinajstić information content (AvgIpc) is 3.20. The molecule has 1 fully saturated rings. The second kappa shape index (κ2) is 9.06. The van der Waals surface area contributed by atoms with Crippen molar-refractivity contribution >= 4 is 46.4 Å². The standard InChI is InChI=1S/C19H21Cl2N3O2S/c1-13(22-18(25)16-6-3-11-27-16)19(26)24-9-7-23(8-10-24)12-14-4-2-5-15(20)17(14)21/h2-6,11,13H,7-10,12H2,1H3,(H,22,25). The van der Waals surface area contributed by atoms with Crippen LogP contribution in [0.3, 0.4) is 0 Å². The predicted molar refractivity (Wildman–Crippen MR) is 110 cm³/mol. The third-order valence-corrected chi connectivity index (χ3v) is 6.30. The number of halogens is 2. The van der Waals surface area contributed by atoms with E-state index in [0.717, 1.165) is 18.7 Å². The number of hydrogen-bond donors (Lipinski definition) is 1. The average molecular weight is 426 g/mol. The van der Waals surface area contributed by atoms with Crippen molar-refractivity contribution in [1.29, 1.82) is 0 Å². The first-order chi connectivity index (χ1) is 13.0. The van der Waals surface area contributed by atoms with Gasteiger partial charge in [-0.2, -0.15) is 0 Å². The maximum Gasteiger partial charge on any atom is 0.261 e. The number of thiophene rings is 1. The van der Waals surface area contributed by atoms with E-state index in [-0.39, 0.29) is 11.8 Å². The lowest BCUT2D eigenvalue weighted by Crippen LogP contribution is -2.53. The summed E-state index contributed by atoms with van der Waals surface area (Å²) in [5.41, 5.74) is 0.987. The van der Waals surface area contributed by atoms with Gasteiger partial charge in [-0.25, -0.2) is 0 Å². The third-order valence-electron chi connectivity index (χ3n) is 4.57. The number of piperazine rings is 1. The molecule has 5 nitrogen and oxygen atoms in total. The summed E-state index contributed by atoms with van der Waals surface area (Å²) in [6.07, 6.45) is 0. The molecule has 2 aromatic rings. The lowest BCUT2D eigenvalue weighted by atomic mass is 10.2. The van der Waals surface area contributed by atoms with Gasteiger partial charge in [-0.15, -0.1) is 11.3 Å². The summed E-state index contributed by atoms with van der Waals surface area (Å²) in [4.78, 5) is 29.4. The maximum atomic E-state index is 12.6. The van der Waals surface area contributed by atoms with Gasteiger partial charge >= 0.3 is 0 Å². The van der Waals surface area contributed by atoms with Crippen molar-refractivity contribution in [3.63, 3.8) is 0 Å². The fraction of sp³-hybridized carbons (Fsp3) is 0.368. The molecule has 2 heterocycles. The van der Waals surface area contributed by atoms with E-state index >= 15 is 0 Å². The molecule has 0 saturated carbocycles. The molecule has 0 aliphatic carbocycles. The summed E-state index contributed by atoms with van der Waals surface area (Å²) in [5, 5.41) is 5.76. The van der Waals surface area contributed by atoms with Crippen LogP contribution >= 0.6 is 34.5 Å². The van der Waals surface area contributed by atoms with Gasteiger partial charge < -0.3 is 10.2 Å². The second-order valence-electron chi connectivity index (χ2n) is 6.49. The van der Waals surface area contributed by atoms with Crippen molar-refractivity contribution in [2.75, 3.05) is 26.2 Å². The van der Waals surface area contributed by atoms with Crippen LogP contribution in [0.1, 0.15) is 22.2 Å². The van der Waals surface area contributed by atoms with Crippen molar-refractivity contribution in [2.45, 2.75) is 19.5 Å². The van der Waals surface area contributed by atoms with Crippen LogP contribution < -0.4 is 5.32 Å². The Morgan fingerprint density at radius 3 is 2.56 bits per heavy atom. The van der Waals surface area contributed by atoms with Gasteiger partial charge in [0.2, 0.25) is 5.91 Å². The van der Waals surface area contributed by atoms with Crippen molar-refractivity contribution in [1.82, 2.24) is 15.1 Å². The number of carbonyl (C=O) groups is 2. The van der Waals surface area contributed by atoms with Crippen LogP contribution in [-0.4, -0.2) is 53.8 Å². The summed E-state index contributed by atoms with van der Waals surface area (Å²) < 4.78 is 0. The van der Waals surface area contributed by atoms with E-state index in [9.17, 15) is 9.59 Å². The van der Waals surface area contributed by atoms with E-state index in [1.807, 2.05) is 23.6 Å². The quantitative estimate of drug-likeness (QED) is 0.796. The zero-order valence-electron chi connectivity index (χ0n) is 15.0. The Morgan fingerprint density at radius 2 is 1.89 bits per heavy atom. The highest BCUT2D eigenvalue weighted by atomic mass is 35.5. The molecule has 1 atom stereocenters. The van der Waals surface area contributed by atoms with Crippen LogP contribution in [0.25, 0.3) is 0 Å². The number of carbonyl (C=O) groups excluding carboxylic acids is 2. The van der Waals surface area contributed by atoms with E-state index in [1.165, 1.54) is 11.3 Å². The predicted octanol–water partition coefficient (Wildman–Crippen LogP) is 3.52. The molecule has 1 saturated heterocycles. The molecule has 1 aliphatic rings. The molecule has 3 rings (SSSR count). The molecule has 8 heteroatoms. The number of rotatable bonds is 5. The first-order valence-corrected chi connectivity index (χ1v) is 10.4. The smallest absolute Gasteiger partial charge is 0.261 e. The second-order valence-corrected chi connectivity index (χ2v) is 8.22. The van der Waals surface area contributed by atoms with Crippen LogP contribution in [0, 0.1) is 0 Å². The number of amides is 2. The van der Waals surface area contributed by atoms with Crippen molar-refractivity contribution in [2.24, 2.45) is 0 Å². The number of nitrogens with one attached hydrogen (secondary N) is 1. The highest BCUT2D eigenvalue weighted by Gasteiger charge is 2.26. The van der Waals surface area contributed by atoms with Crippen LogP contribution in [0.4, 0.5) is 0 Å². The van der Waals surface area contributed by atoms with Gasteiger partial charge in [0.1, 0.15) is 6.04 Å². The lowest BCUT2D eigenvalue weighted by Gasteiger charge is -2.36. The third kappa shape index (κ3) is 5.02. The van der Waals surface area contributed by atoms with Gasteiger partial charge in [-0.3, -0.25) is 14.5 Å². The summed E-state index contributed by atoms with van der Waals surface area (Å²) in [6, 6.07) is 8.65. The van der Waals surface area contributed by atoms with Crippen molar-refractivity contribution < 1.29 is 9.59 Å². The summed E-state index contributed by atoms with van der Waals surface area (Å²) in [7, 11) is 0. The van der Waals surface area contributed by atoms with E-state index < -0.39 is 6.04 Å². The largest absolute Gasteiger partial charge is 0.340 e. The van der Waals surface area contributed by atoms with Gasteiger partial charge in [-0.1, -0.05) is 41.4 Å². The monoisotopic (exact) mass is 425 g/mol. The molecule has 0 spiro atoms.